The lowest BCUT2D eigenvalue weighted by Crippen LogP contribution is -2.29. The maximum absolute atomic E-state index is 10.5. The van der Waals surface area contributed by atoms with Crippen molar-refractivity contribution in [3.8, 4) is 6.07 Å². The minimum absolute atomic E-state index is 0.0570. The van der Waals surface area contributed by atoms with E-state index in [2.05, 4.69) is 18.7 Å². The van der Waals surface area contributed by atoms with E-state index < -0.39 is 11.4 Å². The van der Waals surface area contributed by atoms with Gasteiger partial charge in [-0.15, -0.1) is 11.8 Å². The molecule has 0 aliphatic rings. The first-order valence-corrected chi connectivity index (χ1v) is 6.46. The minimum Gasteiger partial charge on any atom is -0.481 e. The zero-order valence-corrected chi connectivity index (χ0v) is 10.9. The fourth-order valence-electron chi connectivity index (χ4n) is 0.972. The molecule has 0 aliphatic heterocycles. The van der Waals surface area contributed by atoms with Gasteiger partial charge in [0.05, 0.1) is 10.3 Å². The maximum Gasteiger partial charge on any atom is 0.303 e. The van der Waals surface area contributed by atoms with Crippen LogP contribution in [0.25, 0.3) is 0 Å². The molecule has 0 heterocycles. The summed E-state index contributed by atoms with van der Waals surface area (Å²) in [6.07, 6.45) is 0.173. The highest BCUT2D eigenvalue weighted by molar-refractivity contribution is 8.23. The molecule has 1 atom stereocenters. The van der Waals surface area contributed by atoms with Crippen LogP contribution in [0.4, 0.5) is 0 Å². The lowest BCUT2D eigenvalue weighted by atomic mass is 9.89. The number of thiocarbonyl (C=S) groups is 1. The van der Waals surface area contributed by atoms with E-state index in [4.69, 9.17) is 22.6 Å². The number of hydrogen-bond acceptors (Lipinski definition) is 5. The molecular weight excluding hydrogens is 250 g/mol. The molecular formula is C9H13NO2S3. The van der Waals surface area contributed by atoms with E-state index in [1.54, 1.807) is 0 Å². The highest BCUT2D eigenvalue weighted by Crippen LogP contribution is 2.32. The molecule has 0 spiro atoms. The Morgan fingerprint density at radius 1 is 1.73 bits per heavy atom. The van der Waals surface area contributed by atoms with Gasteiger partial charge in [0.25, 0.3) is 0 Å². The quantitative estimate of drug-likeness (QED) is 0.569. The van der Waals surface area contributed by atoms with Crippen LogP contribution in [0.5, 0.6) is 0 Å². The molecule has 0 saturated heterocycles. The maximum atomic E-state index is 10.5. The van der Waals surface area contributed by atoms with Crippen LogP contribution >= 0.6 is 36.6 Å². The Morgan fingerprint density at radius 2 is 2.33 bits per heavy atom. The monoisotopic (exact) mass is 263 g/mol. The molecule has 0 fully saturated rings. The van der Waals surface area contributed by atoms with Crippen molar-refractivity contribution in [1.82, 2.24) is 0 Å². The van der Waals surface area contributed by atoms with E-state index in [-0.39, 0.29) is 18.6 Å². The van der Waals surface area contributed by atoms with E-state index in [0.717, 1.165) is 5.75 Å². The first-order valence-electron chi connectivity index (χ1n) is 4.43. The van der Waals surface area contributed by atoms with Gasteiger partial charge in [0.1, 0.15) is 5.41 Å². The fraction of sp³-hybridized carbons (Fsp3) is 0.667. The first kappa shape index (κ1) is 14.8. The van der Waals surface area contributed by atoms with Gasteiger partial charge in [-0.05, 0) is 12.2 Å². The van der Waals surface area contributed by atoms with Crippen molar-refractivity contribution < 1.29 is 9.90 Å². The Kier molecular flexibility index (Phi) is 6.98. The molecule has 84 valence electrons. The molecule has 0 aromatic rings. The van der Waals surface area contributed by atoms with E-state index in [1.165, 1.54) is 11.8 Å². The zero-order chi connectivity index (χ0) is 11.9. The molecule has 0 amide bonds. The van der Waals surface area contributed by atoms with Crippen molar-refractivity contribution in [2.75, 3.05) is 11.5 Å². The summed E-state index contributed by atoms with van der Waals surface area (Å²) < 4.78 is 0.545. The van der Waals surface area contributed by atoms with Crippen LogP contribution in [0.3, 0.4) is 0 Å². The Labute approximate surface area is 105 Å². The molecule has 0 aromatic heterocycles. The molecule has 0 bridgehead atoms. The number of aliphatic carboxylic acids is 1. The number of carboxylic acid groups (broad SMARTS) is 1. The summed E-state index contributed by atoms with van der Waals surface area (Å²) in [7, 11) is 0. The molecule has 0 radical (unpaired) electrons. The van der Waals surface area contributed by atoms with Crippen molar-refractivity contribution in [3.05, 3.63) is 0 Å². The third kappa shape index (κ3) is 4.41. The van der Waals surface area contributed by atoms with Crippen LogP contribution in [0.15, 0.2) is 0 Å². The summed E-state index contributed by atoms with van der Waals surface area (Å²) in [6.45, 7) is 1.94. The molecule has 15 heavy (non-hydrogen) atoms. The van der Waals surface area contributed by atoms with Crippen molar-refractivity contribution >= 4 is 46.8 Å². The summed E-state index contributed by atoms with van der Waals surface area (Å²) in [5, 5.41) is 17.7. The molecule has 6 heteroatoms. The molecule has 0 aliphatic carbocycles. The van der Waals surface area contributed by atoms with E-state index in [9.17, 15) is 4.79 Å². The fourth-order valence-corrected chi connectivity index (χ4v) is 2.90. The standard InChI is InChI=1S/C9H13NO2S3/c1-2-15-8(14)9(5-10,6-13)4-3-7(11)12/h13H,2-4,6H2,1H3,(H,11,12). The topological polar surface area (TPSA) is 61.1 Å². The van der Waals surface area contributed by atoms with Crippen molar-refractivity contribution in [1.29, 1.82) is 5.26 Å². The summed E-state index contributed by atoms with van der Waals surface area (Å²) in [4.78, 5) is 10.5. The van der Waals surface area contributed by atoms with Gasteiger partial charge in [-0.2, -0.15) is 17.9 Å². The number of rotatable bonds is 6. The van der Waals surface area contributed by atoms with Gasteiger partial charge in [-0.25, -0.2) is 0 Å². The number of nitrogens with zero attached hydrogens (tertiary/aromatic N) is 1. The van der Waals surface area contributed by atoms with Crippen LogP contribution in [0.1, 0.15) is 19.8 Å². The van der Waals surface area contributed by atoms with Gasteiger partial charge in [-0.3, -0.25) is 4.79 Å². The zero-order valence-electron chi connectivity index (χ0n) is 8.39. The summed E-state index contributed by atoms with van der Waals surface area (Å²) in [5.41, 5.74) is -0.891. The molecule has 0 saturated carbocycles. The Hall–Kier alpha value is -0.250. The van der Waals surface area contributed by atoms with Gasteiger partial charge in [0.15, 0.2) is 0 Å². The van der Waals surface area contributed by atoms with E-state index in [1.807, 2.05) is 6.92 Å². The van der Waals surface area contributed by atoms with Crippen LogP contribution in [0.2, 0.25) is 0 Å². The molecule has 0 aromatic carbocycles. The first-order chi connectivity index (χ1) is 7.02. The van der Waals surface area contributed by atoms with E-state index in [0.29, 0.717) is 4.20 Å². The van der Waals surface area contributed by atoms with Gasteiger partial charge < -0.3 is 5.11 Å². The number of thioether (sulfide) groups is 1. The van der Waals surface area contributed by atoms with Crippen molar-refractivity contribution in [3.63, 3.8) is 0 Å². The third-order valence-corrected chi connectivity index (χ3v) is 4.14. The summed E-state index contributed by atoms with van der Waals surface area (Å²) >= 11 is 10.6. The predicted octanol–water partition coefficient (Wildman–Crippen LogP) is 2.37. The second kappa shape index (κ2) is 7.09. The second-order valence-electron chi connectivity index (χ2n) is 2.97. The average molecular weight is 263 g/mol. The minimum atomic E-state index is -0.916. The number of carbonyl (C=O) groups is 1. The molecule has 1 N–H and O–H groups in total. The van der Waals surface area contributed by atoms with Gasteiger partial charge in [0.2, 0.25) is 0 Å². The largest absolute Gasteiger partial charge is 0.481 e. The summed E-state index contributed by atoms with van der Waals surface area (Å²) in [5.74, 6) is 0.131. The smallest absolute Gasteiger partial charge is 0.303 e. The van der Waals surface area contributed by atoms with Gasteiger partial charge in [-0.1, -0.05) is 19.1 Å². The molecule has 0 rings (SSSR count). The van der Waals surface area contributed by atoms with Gasteiger partial charge >= 0.3 is 5.97 Å². The molecule has 3 nitrogen and oxygen atoms in total. The highest BCUT2D eigenvalue weighted by atomic mass is 32.2. The Morgan fingerprint density at radius 3 is 2.67 bits per heavy atom. The van der Waals surface area contributed by atoms with Crippen molar-refractivity contribution in [2.45, 2.75) is 19.8 Å². The van der Waals surface area contributed by atoms with Crippen LogP contribution in [-0.4, -0.2) is 26.8 Å². The predicted molar refractivity (Wildman–Crippen MR) is 69.5 cm³/mol. The van der Waals surface area contributed by atoms with E-state index >= 15 is 0 Å². The Balaban J connectivity index is 4.65. The average Bonchev–Trinajstić information content (AvgIpc) is 2.20. The summed E-state index contributed by atoms with van der Waals surface area (Å²) in [6, 6.07) is 2.10. The van der Waals surface area contributed by atoms with Crippen LogP contribution in [-0.2, 0) is 4.79 Å². The molecule has 1 unspecified atom stereocenters. The van der Waals surface area contributed by atoms with Crippen LogP contribution in [0, 0.1) is 16.7 Å². The number of carboxylic acids is 1. The lowest BCUT2D eigenvalue weighted by molar-refractivity contribution is -0.137. The van der Waals surface area contributed by atoms with Crippen molar-refractivity contribution in [2.24, 2.45) is 5.41 Å². The number of nitriles is 1. The number of thiol groups is 1. The lowest BCUT2D eigenvalue weighted by Gasteiger charge is -2.24. The van der Waals surface area contributed by atoms with Crippen LogP contribution < -0.4 is 0 Å². The second-order valence-corrected chi connectivity index (χ2v) is 5.22. The normalized spacial score (nSPS) is 13.9. The van der Waals surface area contributed by atoms with Gasteiger partial charge in [0, 0.05) is 12.2 Å². The SMILES string of the molecule is CCSC(=S)C(C#N)(CS)CCC(=O)O. The highest BCUT2D eigenvalue weighted by Gasteiger charge is 2.34. The number of hydrogen-bond donors (Lipinski definition) is 2. The third-order valence-electron chi connectivity index (χ3n) is 1.92. The Bertz CT molecular complexity index is 288.